The fraction of sp³-hybridized carbons (Fsp3) is 0.533. The summed E-state index contributed by atoms with van der Waals surface area (Å²) in [7, 11) is 0. The molecule has 2 rings (SSSR count). The van der Waals surface area contributed by atoms with Crippen molar-refractivity contribution in [1.29, 1.82) is 0 Å². The second kappa shape index (κ2) is 4.73. The fourth-order valence-corrected chi connectivity index (χ4v) is 2.02. The molecular formula is C15H20O3. The second-order valence-electron chi connectivity index (χ2n) is 5.89. The summed E-state index contributed by atoms with van der Waals surface area (Å²) in [5.41, 5.74) is 0.385. The minimum absolute atomic E-state index is 0.140. The molecule has 0 unspecified atom stereocenters. The van der Waals surface area contributed by atoms with E-state index in [4.69, 9.17) is 9.47 Å². The number of carbonyl (C=O) groups is 1. The number of benzene rings is 1. The van der Waals surface area contributed by atoms with Gasteiger partial charge in [-0.3, -0.25) is 4.79 Å². The molecule has 1 aromatic carbocycles. The van der Waals surface area contributed by atoms with E-state index in [9.17, 15) is 4.79 Å². The zero-order chi connectivity index (χ0) is 13.2. The third-order valence-electron chi connectivity index (χ3n) is 3.74. The van der Waals surface area contributed by atoms with E-state index in [0.717, 1.165) is 5.56 Å². The first-order chi connectivity index (χ1) is 8.46. The Labute approximate surface area is 108 Å². The third-order valence-corrected chi connectivity index (χ3v) is 3.74. The number of esters is 1. The van der Waals surface area contributed by atoms with Crippen LogP contribution < -0.4 is 0 Å². The molecule has 3 nitrogen and oxygen atoms in total. The Balaban J connectivity index is 2.00. The standard InChI is InChI=1S/C15H20O3/c1-14(2,3)15(10-17-11-15)13(16)18-9-12-7-5-4-6-8-12/h4-8H,9-11H2,1-3H3. The molecule has 98 valence electrons. The maximum atomic E-state index is 12.3. The molecular weight excluding hydrogens is 228 g/mol. The van der Waals surface area contributed by atoms with Crippen molar-refractivity contribution in [3.8, 4) is 0 Å². The summed E-state index contributed by atoms with van der Waals surface area (Å²) in [4.78, 5) is 12.3. The molecule has 1 fully saturated rings. The van der Waals surface area contributed by atoms with Crippen LogP contribution in [0, 0.1) is 10.8 Å². The van der Waals surface area contributed by atoms with Crippen molar-refractivity contribution in [2.75, 3.05) is 13.2 Å². The zero-order valence-electron chi connectivity index (χ0n) is 11.2. The summed E-state index contributed by atoms with van der Waals surface area (Å²) < 4.78 is 10.7. The maximum Gasteiger partial charge on any atom is 0.317 e. The van der Waals surface area contributed by atoms with E-state index in [1.807, 2.05) is 30.3 Å². The Morgan fingerprint density at radius 3 is 2.33 bits per heavy atom. The van der Waals surface area contributed by atoms with Gasteiger partial charge in [-0.15, -0.1) is 0 Å². The van der Waals surface area contributed by atoms with E-state index >= 15 is 0 Å². The molecule has 1 saturated heterocycles. The van der Waals surface area contributed by atoms with Gasteiger partial charge in [0.05, 0.1) is 13.2 Å². The van der Waals surface area contributed by atoms with Crippen LogP contribution in [0.25, 0.3) is 0 Å². The average molecular weight is 248 g/mol. The molecule has 0 bridgehead atoms. The van der Waals surface area contributed by atoms with Gasteiger partial charge < -0.3 is 9.47 Å². The summed E-state index contributed by atoms with van der Waals surface area (Å²) in [6.07, 6.45) is 0. The maximum absolute atomic E-state index is 12.3. The van der Waals surface area contributed by atoms with Crippen LogP contribution in [-0.4, -0.2) is 19.2 Å². The van der Waals surface area contributed by atoms with E-state index in [1.54, 1.807) is 0 Å². The van der Waals surface area contributed by atoms with Gasteiger partial charge in [0, 0.05) is 0 Å². The minimum Gasteiger partial charge on any atom is -0.460 e. The van der Waals surface area contributed by atoms with Gasteiger partial charge in [-0.2, -0.15) is 0 Å². The van der Waals surface area contributed by atoms with Crippen molar-refractivity contribution in [3.63, 3.8) is 0 Å². The highest BCUT2D eigenvalue weighted by atomic mass is 16.6. The van der Waals surface area contributed by atoms with Gasteiger partial charge in [0.1, 0.15) is 12.0 Å². The average Bonchev–Trinajstić information content (AvgIpc) is 2.24. The smallest absolute Gasteiger partial charge is 0.317 e. The van der Waals surface area contributed by atoms with Crippen LogP contribution >= 0.6 is 0 Å². The van der Waals surface area contributed by atoms with E-state index in [-0.39, 0.29) is 11.4 Å². The first-order valence-electron chi connectivity index (χ1n) is 6.25. The molecule has 0 N–H and O–H groups in total. The van der Waals surface area contributed by atoms with Crippen molar-refractivity contribution < 1.29 is 14.3 Å². The Morgan fingerprint density at radius 2 is 1.89 bits per heavy atom. The molecule has 18 heavy (non-hydrogen) atoms. The van der Waals surface area contributed by atoms with Crippen molar-refractivity contribution >= 4 is 5.97 Å². The molecule has 0 amide bonds. The highest BCUT2D eigenvalue weighted by molar-refractivity contribution is 5.79. The minimum atomic E-state index is -0.484. The predicted octanol–water partition coefficient (Wildman–Crippen LogP) is 2.79. The Hall–Kier alpha value is -1.35. The Morgan fingerprint density at radius 1 is 1.28 bits per heavy atom. The summed E-state index contributed by atoms with van der Waals surface area (Å²) in [6, 6.07) is 9.73. The molecule has 0 aliphatic carbocycles. The molecule has 0 saturated carbocycles. The van der Waals surface area contributed by atoms with Gasteiger partial charge in [-0.05, 0) is 11.0 Å². The summed E-state index contributed by atoms with van der Waals surface area (Å²) in [5.74, 6) is -0.148. The molecule has 0 radical (unpaired) electrons. The van der Waals surface area contributed by atoms with Crippen molar-refractivity contribution in [3.05, 3.63) is 35.9 Å². The van der Waals surface area contributed by atoms with Gasteiger partial charge >= 0.3 is 5.97 Å². The highest BCUT2D eigenvalue weighted by Crippen LogP contribution is 2.45. The molecule has 1 aromatic rings. The summed E-state index contributed by atoms with van der Waals surface area (Å²) >= 11 is 0. The molecule has 1 heterocycles. The lowest BCUT2D eigenvalue weighted by Crippen LogP contribution is -2.57. The summed E-state index contributed by atoms with van der Waals surface area (Å²) in [5, 5.41) is 0. The lowest BCUT2D eigenvalue weighted by atomic mass is 9.65. The molecule has 3 heteroatoms. The fourth-order valence-electron chi connectivity index (χ4n) is 2.02. The number of hydrogen-bond donors (Lipinski definition) is 0. The highest BCUT2D eigenvalue weighted by Gasteiger charge is 2.55. The van der Waals surface area contributed by atoms with Gasteiger partial charge in [0.25, 0.3) is 0 Å². The predicted molar refractivity (Wildman–Crippen MR) is 68.9 cm³/mol. The Kier molecular flexibility index (Phi) is 3.44. The van der Waals surface area contributed by atoms with Crippen LogP contribution in [0.4, 0.5) is 0 Å². The Bertz CT molecular complexity index is 413. The lowest BCUT2D eigenvalue weighted by molar-refractivity contribution is -0.210. The van der Waals surface area contributed by atoms with E-state index in [2.05, 4.69) is 20.8 Å². The molecule has 0 aromatic heterocycles. The SMILES string of the molecule is CC(C)(C)C1(C(=O)OCc2ccccc2)COC1. The van der Waals surface area contributed by atoms with Crippen LogP contribution in [0.15, 0.2) is 30.3 Å². The van der Waals surface area contributed by atoms with Gasteiger partial charge in [-0.25, -0.2) is 0 Å². The molecule has 0 spiro atoms. The van der Waals surface area contributed by atoms with Crippen molar-refractivity contribution in [2.24, 2.45) is 10.8 Å². The van der Waals surface area contributed by atoms with Gasteiger partial charge in [0.2, 0.25) is 0 Å². The van der Waals surface area contributed by atoms with E-state index in [1.165, 1.54) is 0 Å². The number of ether oxygens (including phenoxy) is 2. The van der Waals surface area contributed by atoms with Gasteiger partial charge in [0.15, 0.2) is 0 Å². The largest absolute Gasteiger partial charge is 0.460 e. The van der Waals surface area contributed by atoms with E-state index < -0.39 is 5.41 Å². The number of hydrogen-bond acceptors (Lipinski definition) is 3. The van der Waals surface area contributed by atoms with Gasteiger partial charge in [-0.1, -0.05) is 51.1 Å². The molecule has 1 aliphatic rings. The number of carbonyl (C=O) groups excluding carboxylic acids is 1. The third kappa shape index (κ3) is 2.27. The topological polar surface area (TPSA) is 35.5 Å². The van der Waals surface area contributed by atoms with Crippen LogP contribution in [0.3, 0.4) is 0 Å². The van der Waals surface area contributed by atoms with Crippen LogP contribution in [0.1, 0.15) is 26.3 Å². The van der Waals surface area contributed by atoms with Crippen LogP contribution in [-0.2, 0) is 20.9 Å². The first-order valence-corrected chi connectivity index (χ1v) is 6.25. The molecule has 1 aliphatic heterocycles. The van der Waals surface area contributed by atoms with E-state index in [0.29, 0.717) is 19.8 Å². The lowest BCUT2D eigenvalue weighted by Gasteiger charge is -2.48. The monoisotopic (exact) mass is 248 g/mol. The first kappa shape index (κ1) is 13.1. The molecule has 0 atom stereocenters. The quantitative estimate of drug-likeness (QED) is 0.772. The van der Waals surface area contributed by atoms with Crippen molar-refractivity contribution in [2.45, 2.75) is 27.4 Å². The van der Waals surface area contributed by atoms with Crippen LogP contribution in [0.5, 0.6) is 0 Å². The summed E-state index contributed by atoms with van der Waals surface area (Å²) in [6.45, 7) is 7.42. The second-order valence-corrected chi connectivity index (χ2v) is 5.89. The van der Waals surface area contributed by atoms with Crippen molar-refractivity contribution in [1.82, 2.24) is 0 Å². The normalized spacial score (nSPS) is 17.9. The zero-order valence-corrected chi connectivity index (χ0v) is 11.2. The van der Waals surface area contributed by atoms with Crippen LogP contribution in [0.2, 0.25) is 0 Å². The number of rotatable bonds is 3.